The van der Waals surface area contributed by atoms with Gasteiger partial charge in [-0.15, -0.1) is 0 Å². The molecule has 0 aromatic heterocycles. The van der Waals surface area contributed by atoms with Crippen LogP contribution >= 0.6 is 0 Å². The Kier molecular flexibility index (Phi) is 4.67. The summed E-state index contributed by atoms with van der Waals surface area (Å²) in [5, 5.41) is 0. The molecule has 0 aromatic rings. The zero-order chi connectivity index (χ0) is 15.6. The van der Waals surface area contributed by atoms with Crippen LogP contribution in [0.2, 0.25) is 0 Å². The van der Waals surface area contributed by atoms with Gasteiger partial charge in [0.15, 0.2) is 6.61 Å². The summed E-state index contributed by atoms with van der Waals surface area (Å²) in [4.78, 5) is 33.9. The van der Waals surface area contributed by atoms with Crippen LogP contribution in [-0.2, 0) is 28.6 Å². The van der Waals surface area contributed by atoms with E-state index in [0.717, 1.165) is 0 Å². The Morgan fingerprint density at radius 1 is 1.45 bits per heavy atom. The normalized spacial score (nSPS) is 21.2. The fourth-order valence-corrected chi connectivity index (χ4v) is 1.30. The second kappa shape index (κ2) is 5.72. The van der Waals surface area contributed by atoms with Gasteiger partial charge in [-0.1, -0.05) is 6.92 Å². The van der Waals surface area contributed by atoms with Crippen LogP contribution in [0.15, 0.2) is 0 Å². The molecule has 0 amide bonds. The van der Waals surface area contributed by atoms with E-state index in [1.165, 1.54) is 0 Å². The molecule has 6 nitrogen and oxygen atoms in total. The third-order valence-electron chi connectivity index (χ3n) is 2.97. The minimum absolute atomic E-state index is 0.502. The van der Waals surface area contributed by atoms with Gasteiger partial charge < -0.3 is 14.2 Å². The number of alkyl halides is 2. The first kappa shape index (κ1) is 16.3. The summed E-state index contributed by atoms with van der Waals surface area (Å²) in [5.41, 5.74) is -0.764. The average molecular weight is 294 g/mol. The molecular weight excluding hydrogens is 278 g/mol. The molecule has 0 aliphatic carbocycles. The van der Waals surface area contributed by atoms with Crippen LogP contribution in [0.1, 0.15) is 33.6 Å². The summed E-state index contributed by atoms with van der Waals surface area (Å²) in [5.74, 6) is -3.01. The molecule has 1 fully saturated rings. The van der Waals surface area contributed by atoms with Crippen molar-refractivity contribution in [2.24, 2.45) is 5.41 Å². The van der Waals surface area contributed by atoms with E-state index in [1.807, 2.05) is 0 Å². The zero-order valence-corrected chi connectivity index (χ0v) is 11.4. The Morgan fingerprint density at radius 3 is 2.50 bits per heavy atom. The highest BCUT2D eigenvalue weighted by Gasteiger charge is 2.50. The predicted molar refractivity (Wildman–Crippen MR) is 60.6 cm³/mol. The number of hydrogen-bond donors (Lipinski definition) is 0. The number of carbonyl (C=O) groups is 3. The number of halogens is 2. The van der Waals surface area contributed by atoms with Crippen LogP contribution in [0.3, 0.4) is 0 Å². The molecule has 8 heteroatoms. The smallest absolute Gasteiger partial charge is 0.404 e. The van der Waals surface area contributed by atoms with Crippen LogP contribution in [0.4, 0.5) is 8.78 Å². The Morgan fingerprint density at radius 2 is 2.05 bits per heavy atom. The van der Waals surface area contributed by atoms with Crippen molar-refractivity contribution in [2.45, 2.75) is 45.8 Å². The van der Waals surface area contributed by atoms with Crippen LogP contribution in [-0.4, -0.2) is 36.7 Å². The van der Waals surface area contributed by atoms with Crippen LogP contribution in [0.25, 0.3) is 0 Å². The maximum atomic E-state index is 12.7. The van der Waals surface area contributed by atoms with Crippen molar-refractivity contribution in [1.82, 2.24) is 0 Å². The minimum atomic E-state index is -3.64. The van der Waals surface area contributed by atoms with Gasteiger partial charge in [-0.25, -0.2) is 9.59 Å². The summed E-state index contributed by atoms with van der Waals surface area (Å²) in [6.07, 6.45) is -5.84. The highest BCUT2D eigenvalue weighted by atomic mass is 19.3. The number of hydrogen-bond acceptors (Lipinski definition) is 6. The number of carbonyl (C=O) groups excluding carboxylic acids is 3. The standard InChI is InChI=1S/C12H16F2O6/c1-4-11(2,3)10(17)18-6-8(15)19-7-5-12(13,14)20-9(7)16/h7H,4-6H2,1-3H3. The molecule has 1 aliphatic rings. The van der Waals surface area contributed by atoms with Gasteiger partial charge in [-0.3, -0.25) is 4.79 Å². The van der Waals surface area contributed by atoms with Crippen LogP contribution in [0, 0.1) is 5.41 Å². The lowest BCUT2D eigenvalue weighted by Gasteiger charge is -2.20. The number of cyclic esters (lactones) is 1. The first-order valence-corrected chi connectivity index (χ1v) is 6.05. The van der Waals surface area contributed by atoms with Gasteiger partial charge in [0.2, 0.25) is 6.10 Å². The van der Waals surface area contributed by atoms with Gasteiger partial charge in [-0.05, 0) is 20.3 Å². The molecule has 1 rings (SSSR count). The third-order valence-corrected chi connectivity index (χ3v) is 2.97. The van der Waals surface area contributed by atoms with E-state index < -0.39 is 48.6 Å². The largest absolute Gasteiger partial charge is 0.453 e. The van der Waals surface area contributed by atoms with Crippen molar-refractivity contribution in [3.05, 3.63) is 0 Å². The highest BCUT2D eigenvalue weighted by molar-refractivity contribution is 5.83. The Balaban J connectivity index is 2.42. The topological polar surface area (TPSA) is 78.9 Å². The molecule has 1 atom stereocenters. The lowest BCUT2D eigenvalue weighted by atomic mass is 9.91. The van der Waals surface area contributed by atoms with E-state index in [2.05, 4.69) is 9.47 Å². The molecule has 114 valence electrons. The number of ether oxygens (including phenoxy) is 3. The number of esters is 3. The Labute approximate surface area is 114 Å². The monoisotopic (exact) mass is 294 g/mol. The highest BCUT2D eigenvalue weighted by Crippen LogP contribution is 2.31. The van der Waals surface area contributed by atoms with Crippen molar-refractivity contribution in [2.75, 3.05) is 6.61 Å². The van der Waals surface area contributed by atoms with E-state index in [4.69, 9.17) is 4.74 Å². The predicted octanol–water partition coefficient (Wildman–Crippen LogP) is 1.42. The van der Waals surface area contributed by atoms with Crippen molar-refractivity contribution >= 4 is 17.9 Å². The molecule has 20 heavy (non-hydrogen) atoms. The van der Waals surface area contributed by atoms with Crippen molar-refractivity contribution in [3.8, 4) is 0 Å². The Bertz CT molecular complexity index is 418. The zero-order valence-electron chi connectivity index (χ0n) is 11.4. The van der Waals surface area contributed by atoms with Gasteiger partial charge in [0, 0.05) is 0 Å². The quantitative estimate of drug-likeness (QED) is 0.563. The Hall–Kier alpha value is -1.73. The molecule has 0 saturated carbocycles. The second-order valence-electron chi connectivity index (χ2n) is 5.05. The van der Waals surface area contributed by atoms with E-state index in [1.54, 1.807) is 20.8 Å². The van der Waals surface area contributed by atoms with Gasteiger partial charge in [0.25, 0.3) is 0 Å². The van der Waals surface area contributed by atoms with Crippen LogP contribution in [0.5, 0.6) is 0 Å². The molecule has 1 heterocycles. The molecule has 0 aromatic carbocycles. The number of rotatable bonds is 5. The first-order valence-electron chi connectivity index (χ1n) is 6.05. The lowest BCUT2D eigenvalue weighted by Crippen LogP contribution is -2.30. The minimum Gasteiger partial charge on any atom is -0.453 e. The summed E-state index contributed by atoms with van der Waals surface area (Å²) < 4.78 is 38.3. The maximum Gasteiger partial charge on any atom is 0.404 e. The molecule has 1 aliphatic heterocycles. The van der Waals surface area contributed by atoms with E-state index in [9.17, 15) is 23.2 Å². The first-order chi connectivity index (χ1) is 9.07. The SMILES string of the molecule is CCC(C)(C)C(=O)OCC(=O)OC1CC(F)(F)OC1=O. The van der Waals surface area contributed by atoms with Gasteiger partial charge in [0.1, 0.15) is 0 Å². The van der Waals surface area contributed by atoms with E-state index in [-0.39, 0.29) is 0 Å². The van der Waals surface area contributed by atoms with Gasteiger partial charge >= 0.3 is 24.0 Å². The lowest BCUT2D eigenvalue weighted by molar-refractivity contribution is -0.209. The fourth-order valence-electron chi connectivity index (χ4n) is 1.30. The van der Waals surface area contributed by atoms with E-state index >= 15 is 0 Å². The fraction of sp³-hybridized carbons (Fsp3) is 0.750. The van der Waals surface area contributed by atoms with Crippen molar-refractivity contribution < 1.29 is 37.4 Å². The molecule has 0 radical (unpaired) electrons. The van der Waals surface area contributed by atoms with Crippen LogP contribution < -0.4 is 0 Å². The summed E-state index contributed by atoms with van der Waals surface area (Å²) >= 11 is 0. The molecule has 0 N–H and O–H groups in total. The molecule has 0 spiro atoms. The maximum absolute atomic E-state index is 12.7. The molecule has 0 bridgehead atoms. The molecule has 1 saturated heterocycles. The third kappa shape index (κ3) is 4.14. The van der Waals surface area contributed by atoms with E-state index in [0.29, 0.717) is 6.42 Å². The van der Waals surface area contributed by atoms with Gasteiger partial charge in [-0.2, -0.15) is 8.78 Å². The summed E-state index contributed by atoms with van der Waals surface area (Å²) in [7, 11) is 0. The molecular formula is C12H16F2O6. The second-order valence-corrected chi connectivity index (χ2v) is 5.05. The summed E-state index contributed by atoms with van der Waals surface area (Å²) in [6, 6.07) is 0. The van der Waals surface area contributed by atoms with Crippen molar-refractivity contribution in [3.63, 3.8) is 0 Å². The average Bonchev–Trinajstić information content (AvgIpc) is 2.59. The summed E-state index contributed by atoms with van der Waals surface area (Å²) in [6.45, 7) is 4.30. The van der Waals surface area contributed by atoms with Crippen molar-refractivity contribution in [1.29, 1.82) is 0 Å². The molecule has 1 unspecified atom stereocenters. The van der Waals surface area contributed by atoms with Gasteiger partial charge in [0.05, 0.1) is 11.8 Å².